The Bertz CT molecular complexity index is 367. The first-order valence-electron chi connectivity index (χ1n) is 5.73. The zero-order valence-corrected chi connectivity index (χ0v) is 10.3. The minimum atomic E-state index is -0.433. The second-order valence-electron chi connectivity index (χ2n) is 3.96. The van der Waals surface area contributed by atoms with Crippen molar-refractivity contribution in [3.63, 3.8) is 0 Å². The number of nitrogens with two attached hydrogens (primary N) is 1. The summed E-state index contributed by atoms with van der Waals surface area (Å²) >= 11 is 0. The number of aromatic nitrogens is 2. The highest BCUT2D eigenvalue weighted by Gasteiger charge is 2.12. The van der Waals surface area contributed by atoms with E-state index in [1.54, 1.807) is 6.92 Å². The van der Waals surface area contributed by atoms with Crippen molar-refractivity contribution in [2.24, 2.45) is 0 Å². The molecule has 96 valence electrons. The maximum Gasteiger partial charge on any atom is 0.135 e. The molecule has 0 spiro atoms. The predicted molar refractivity (Wildman–Crippen MR) is 66.8 cm³/mol. The number of aryl methyl sites for hydroxylation is 1. The van der Waals surface area contributed by atoms with Gasteiger partial charge in [0.2, 0.25) is 0 Å². The van der Waals surface area contributed by atoms with Gasteiger partial charge in [-0.05, 0) is 13.3 Å². The molecule has 0 aliphatic rings. The lowest BCUT2D eigenvalue weighted by molar-refractivity contribution is 0.203. The molecule has 0 saturated carbocycles. The van der Waals surface area contributed by atoms with E-state index in [1.165, 1.54) is 0 Å². The lowest BCUT2D eigenvalue weighted by atomic mass is 10.2. The molecule has 5 N–H and O–H groups in total. The molecule has 1 aromatic heterocycles. The third-order valence-electron chi connectivity index (χ3n) is 2.49. The van der Waals surface area contributed by atoms with Crippen LogP contribution in [0.2, 0.25) is 0 Å². The summed E-state index contributed by atoms with van der Waals surface area (Å²) in [6.07, 6.45) is 1.69. The van der Waals surface area contributed by atoms with Gasteiger partial charge < -0.3 is 21.3 Å². The third-order valence-corrected chi connectivity index (χ3v) is 2.49. The minimum absolute atomic E-state index is 0.164. The van der Waals surface area contributed by atoms with Crippen LogP contribution in [-0.2, 0) is 6.42 Å². The van der Waals surface area contributed by atoms with E-state index in [0.29, 0.717) is 17.5 Å². The molecule has 0 aromatic carbocycles. The smallest absolute Gasteiger partial charge is 0.135 e. The quantitative estimate of drug-likeness (QED) is 0.561. The molecule has 0 atom stereocenters. The van der Waals surface area contributed by atoms with E-state index in [4.69, 9.17) is 15.9 Å². The maximum absolute atomic E-state index is 9.02. The van der Waals surface area contributed by atoms with Gasteiger partial charge in [-0.3, -0.25) is 0 Å². The third kappa shape index (κ3) is 3.54. The van der Waals surface area contributed by atoms with Crippen LogP contribution in [0.25, 0.3) is 0 Å². The molecular weight excluding hydrogens is 220 g/mol. The molecule has 0 radical (unpaired) electrons. The zero-order chi connectivity index (χ0) is 12.8. The standard InChI is InChI=1S/C11H20N4O2/c1-3-4-9-14-10(12)7(2)11(15-9)13-8(5-16)6-17/h8,16-17H,3-6H2,1-2H3,(H3,12,13,14,15). The van der Waals surface area contributed by atoms with Crippen LogP contribution in [0.5, 0.6) is 0 Å². The summed E-state index contributed by atoms with van der Waals surface area (Å²) in [5.74, 6) is 1.68. The van der Waals surface area contributed by atoms with Crippen molar-refractivity contribution in [3.05, 3.63) is 11.4 Å². The van der Waals surface area contributed by atoms with Gasteiger partial charge in [-0.1, -0.05) is 6.92 Å². The summed E-state index contributed by atoms with van der Waals surface area (Å²) in [4.78, 5) is 8.52. The van der Waals surface area contributed by atoms with Crippen LogP contribution in [0.1, 0.15) is 24.7 Å². The maximum atomic E-state index is 9.02. The van der Waals surface area contributed by atoms with Gasteiger partial charge in [0.1, 0.15) is 17.5 Å². The van der Waals surface area contributed by atoms with E-state index in [1.807, 2.05) is 6.92 Å². The molecule has 0 unspecified atom stereocenters. The number of hydrogen-bond donors (Lipinski definition) is 4. The van der Waals surface area contributed by atoms with Gasteiger partial charge in [-0.15, -0.1) is 0 Å². The van der Waals surface area contributed by atoms with Crippen LogP contribution in [-0.4, -0.2) is 39.4 Å². The lowest BCUT2D eigenvalue weighted by Crippen LogP contribution is -2.29. The molecule has 17 heavy (non-hydrogen) atoms. The highest BCUT2D eigenvalue weighted by Crippen LogP contribution is 2.18. The highest BCUT2D eigenvalue weighted by molar-refractivity contribution is 5.55. The van der Waals surface area contributed by atoms with Gasteiger partial charge in [-0.2, -0.15) is 0 Å². The van der Waals surface area contributed by atoms with Gasteiger partial charge in [0.25, 0.3) is 0 Å². The number of hydrogen-bond acceptors (Lipinski definition) is 6. The largest absolute Gasteiger partial charge is 0.394 e. The summed E-state index contributed by atoms with van der Waals surface area (Å²) in [5.41, 5.74) is 6.53. The van der Waals surface area contributed by atoms with E-state index < -0.39 is 6.04 Å². The van der Waals surface area contributed by atoms with Gasteiger partial charge in [-0.25, -0.2) is 9.97 Å². The van der Waals surface area contributed by atoms with E-state index in [2.05, 4.69) is 15.3 Å². The summed E-state index contributed by atoms with van der Waals surface area (Å²) in [5, 5.41) is 21.0. The van der Waals surface area contributed by atoms with Crippen molar-refractivity contribution in [2.45, 2.75) is 32.7 Å². The van der Waals surface area contributed by atoms with E-state index in [9.17, 15) is 0 Å². The minimum Gasteiger partial charge on any atom is -0.394 e. The first kappa shape index (κ1) is 13.7. The van der Waals surface area contributed by atoms with Crippen LogP contribution in [0.3, 0.4) is 0 Å². The van der Waals surface area contributed by atoms with Crippen molar-refractivity contribution < 1.29 is 10.2 Å². The van der Waals surface area contributed by atoms with Gasteiger partial charge >= 0.3 is 0 Å². The van der Waals surface area contributed by atoms with Crippen molar-refractivity contribution in [3.8, 4) is 0 Å². The van der Waals surface area contributed by atoms with E-state index in [0.717, 1.165) is 18.4 Å². The Morgan fingerprint density at radius 2 is 1.94 bits per heavy atom. The fourth-order valence-corrected chi connectivity index (χ4v) is 1.40. The lowest BCUT2D eigenvalue weighted by Gasteiger charge is -2.17. The molecule has 0 aliphatic heterocycles. The number of nitrogens with zero attached hydrogens (tertiary/aromatic N) is 2. The first-order valence-corrected chi connectivity index (χ1v) is 5.73. The molecule has 1 aromatic rings. The Morgan fingerprint density at radius 3 is 2.47 bits per heavy atom. The van der Waals surface area contributed by atoms with Crippen LogP contribution >= 0.6 is 0 Å². The Labute approximate surface area is 101 Å². The summed E-state index contributed by atoms with van der Waals surface area (Å²) < 4.78 is 0. The molecule has 0 amide bonds. The number of nitrogens with one attached hydrogen (secondary N) is 1. The van der Waals surface area contributed by atoms with E-state index >= 15 is 0 Å². The molecule has 0 bridgehead atoms. The Hall–Kier alpha value is -1.40. The SMILES string of the molecule is CCCc1nc(N)c(C)c(NC(CO)CO)n1. The van der Waals surface area contributed by atoms with E-state index in [-0.39, 0.29) is 13.2 Å². The zero-order valence-electron chi connectivity index (χ0n) is 10.3. The molecule has 0 fully saturated rings. The Balaban J connectivity index is 2.96. The van der Waals surface area contributed by atoms with Gasteiger partial charge in [0, 0.05) is 12.0 Å². The molecule has 0 aliphatic carbocycles. The molecule has 0 saturated heterocycles. The Kier molecular flexibility index (Phi) is 5.11. The van der Waals surface area contributed by atoms with Crippen LogP contribution in [0, 0.1) is 6.92 Å². The Morgan fingerprint density at radius 1 is 1.29 bits per heavy atom. The first-order chi connectivity index (χ1) is 8.12. The second-order valence-corrected chi connectivity index (χ2v) is 3.96. The number of aliphatic hydroxyl groups is 2. The van der Waals surface area contributed by atoms with Crippen LogP contribution in [0.15, 0.2) is 0 Å². The number of rotatable bonds is 6. The average Bonchev–Trinajstić information content (AvgIpc) is 2.32. The van der Waals surface area contributed by atoms with Crippen LogP contribution in [0.4, 0.5) is 11.6 Å². The fourth-order valence-electron chi connectivity index (χ4n) is 1.40. The summed E-state index contributed by atoms with van der Waals surface area (Å²) in [7, 11) is 0. The van der Waals surface area contributed by atoms with Gasteiger partial charge in [0.05, 0.1) is 19.3 Å². The molecule has 1 rings (SSSR count). The molecular formula is C11H20N4O2. The second kappa shape index (κ2) is 6.36. The number of nitrogen functional groups attached to an aromatic ring is 1. The topological polar surface area (TPSA) is 104 Å². The van der Waals surface area contributed by atoms with Gasteiger partial charge in [0.15, 0.2) is 0 Å². The average molecular weight is 240 g/mol. The highest BCUT2D eigenvalue weighted by atomic mass is 16.3. The van der Waals surface area contributed by atoms with Crippen molar-refractivity contribution in [1.29, 1.82) is 0 Å². The molecule has 6 nitrogen and oxygen atoms in total. The van der Waals surface area contributed by atoms with Crippen molar-refractivity contribution >= 4 is 11.6 Å². The van der Waals surface area contributed by atoms with Crippen LogP contribution < -0.4 is 11.1 Å². The molecule has 1 heterocycles. The van der Waals surface area contributed by atoms with Crippen molar-refractivity contribution in [2.75, 3.05) is 24.3 Å². The van der Waals surface area contributed by atoms with Crippen molar-refractivity contribution in [1.82, 2.24) is 9.97 Å². The summed E-state index contributed by atoms with van der Waals surface area (Å²) in [6.45, 7) is 3.52. The summed E-state index contributed by atoms with van der Waals surface area (Å²) in [6, 6.07) is -0.433. The monoisotopic (exact) mass is 240 g/mol. The fraction of sp³-hybridized carbons (Fsp3) is 0.636. The number of anilines is 2. The molecule has 6 heteroatoms. The normalized spacial score (nSPS) is 10.9. The number of aliphatic hydroxyl groups excluding tert-OH is 2. The predicted octanol–water partition coefficient (Wildman–Crippen LogP) is 0.0848.